The van der Waals surface area contributed by atoms with E-state index in [1.807, 2.05) is 18.2 Å². The van der Waals surface area contributed by atoms with Crippen LogP contribution in [-0.2, 0) is 0 Å². The fraction of sp³-hybridized carbons (Fsp3) is 0.583. The first-order valence-electron chi connectivity index (χ1n) is 5.73. The highest BCUT2D eigenvalue weighted by Gasteiger charge is 2.13. The number of pyridine rings is 1. The van der Waals surface area contributed by atoms with Crippen LogP contribution in [0, 0.1) is 5.92 Å². The van der Waals surface area contributed by atoms with Gasteiger partial charge in [0.05, 0.1) is 13.7 Å². The lowest BCUT2D eigenvalue weighted by atomic mass is 10.0. The quantitative estimate of drug-likeness (QED) is 0.837. The zero-order valence-electron chi connectivity index (χ0n) is 9.61. The largest absolute Gasteiger partial charge is 0.481 e. The van der Waals surface area contributed by atoms with Gasteiger partial charge in [-0.15, -0.1) is 0 Å². The van der Waals surface area contributed by atoms with Crippen molar-refractivity contribution in [1.29, 1.82) is 0 Å². The zero-order valence-corrected chi connectivity index (χ0v) is 9.61. The van der Waals surface area contributed by atoms with E-state index < -0.39 is 0 Å². The molecule has 4 nitrogen and oxygen atoms in total. The Morgan fingerprint density at radius 3 is 3.06 bits per heavy atom. The van der Waals surface area contributed by atoms with E-state index in [0.29, 0.717) is 17.7 Å². The molecule has 0 saturated carbocycles. The van der Waals surface area contributed by atoms with Gasteiger partial charge >= 0.3 is 0 Å². The Labute approximate surface area is 96.0 Å². The molecule has 2 heterocycles. The number of nitrogens with one attached hydrogen (secondary N) is 1. The van der Waals surface area contributed by atoms with Crippen LogP contribution in [0.4, 0.5) is 0 Å². The molecule has 0 bridgehead atoms. The summed E-state index contributed by atoms with van der Waals surface area (Å²) in [6.07, 6.45) is 2.47. The molecule has 1 N–H and O–H groups in total. The Morgan fingerprint density at radius 1 is 1.44 bits per heavy atom. The van der Waals surface area contributed by atoms with Gasteiger partial charge in [0.25, 0.3) is 0 Å². The first kappa shape index (κ1) is 11.2. The van der Waals surface area contributed by atoms with Crippen molar-refractivity contribution in [3.8, 4) is 11.8 Å². The topological polar surface area (TPSA) is 43.4 Å². The van der Waals surface area contributed by atoms with Gasteiger partial charge in [-0.1, -0.05) is 6.07 Å². The molecule has 0 spiro atoms. The first-order valence-corrected chi connectivity index (χ1v) is 5.73. The lowest BCUT2D eigenvalue weighted by molar-refractivity contribution is 0.210. The van der Waals surface area contributed by atoms with E-state index in [2.05, 4.69) is 10.3 Å². The molecule has 1 aromatic heterocycles. The molecule has 1 aromatic rings. The van der Waals surface area contributed by atoms with Crippen LogP contribution in [0.15, 0.2) is 18.2 Å². The maximum Gasteiger partial charge on any atom is 0.216 e. The molecular weight excluding hydrogens is 204 g/mol. The van der Waals surface area contributed by atoms with Gasteiger partial charge in [-0.2, -0.15) is 4.98 Å². The minimum atomic E-state index is 0.597. The third kappa shape index (κ3) is 3.10. The first-order chi connectivity index (χ1) is 7.88. The molecule has 0 amide bonds. The highest BCUT2D eigenvalue weighted by Crippen LogP contribution is 2.15. The highest BCUT2D eigenvalue weighted by atomic mass is 16.5. The fourth-order valence-corrected chi connectivity index (χ4v) is 1.86. The molecule has 0 aliphatic carbocycles. The minimum Gasteiger partial charge on any atom is -0.481 e. The maximum absolute atomic E-state index is 5.66. The summed E-state index contributed by atoms with van der Waals surface area (Å²) in [4.78, 5) is 4.21. The molecule has 1 atom stereocenters. The number of ether oxygens (including phenoxy) is 2. The predicted octanol–water partition coefficient (Wildman–Crippen LogP) is 1.47. The molecule has 0 aromatic carbocycles. The van der Waals surface area contributed by atoms with Crippen molar-refractivity contribution in [3.63, 3.8) is 0 Å². The van der Waals surface area contributed by atoms with E-state index in [4.69, 9.17) is 9.47 Å². The molecule has 1 aliphatic rings. The molecule has 1 fully saturated rings. The standard InChI is InChI=1S/C12H18N2O2/c1-15-11-5-2-6-12(14-11)16-9-10-4-3-7-13-8-10/h2,5-6,10,13H,3-4,7-9H2,1H3. The summed E-state index contributed by atoms with van der Waals surface area (Å²) in [5, 5.41) is 3.37. The Kier molecular flexibility index (Phi) is 3.99. The smallest absolute Gasteiger partial charge is 0.216 e. The highest BCUT2D eigenvalue weighted by molar-refractivity contribution is 5.19. The van der Waals surface area contributed by atoms with Crippen LogP contribution in [0.25, 0.3) is 0 Å². The van der Waals surface area contributed by atoms with Gasteiger partial charge in [0.1, 0.15) is 0 Å². The summed E-state index contributed by atoms with van der Waals surface area (Å²) in [5.41, 5.74) is 0. The van der Waals surface area contributed by atoms with Crippen molar-refractivity contribution >= 4 is 0 Å². The van der Waals surface area contributed by atoms with Gasteiger partial charge in [0, 0.05) is 24.6 Å². The molecule has 1 unspecified atom stereocenters. The van der Waals surface area contributed by atoms with Gasteiger partial charge < -0.3 is 14.8 Å². The predicted molar refractivity (Wildman–Crippen MR) is 61.9 cm³/mol. The Bertz CT molecular complexity index is 325. The summed E-state index contributed by atoms with van der Waals surface area (Å²) in [6.45, 7) is 2.91. The molecule has 4 heteroatoms. The van der Waals surface area contributed by atoms with Gasteiger partial charge in [0.15, 0.2) is 0 Å². The van der Waals surface area contributed by atoms with Crippen molar-refractivity contribution < 1.29 is 9.47 Å². The van der Waals surface area contributed by atoms with Crippen LogP contribution in [-0.4, -0.2) is 31.8 Å². The van der Waals surface area contributed by atoms with Crippen LogP contribution >= 0.6 is 0 Å². The van der Waals surface area contributed by atoms with Crippen LogP contribution in [0.2, 0.25) is 0 Å². The van der Waals surface area contributed by atoms with Crippen LogP contribution in [0.3, 0.4) is 0 Å². The second kappa shape index (κ2) is 5.70. The molecule has 0 radical (unpaired) electrons. The van der Waals surface area contributed by atoms with Crippen LogP contribution in [0.1, 0.15) is 12.8 Å². The van der Waals surface area contributed by atoms with E-state index in [1.165, 1.54) is 12.8 Å². The van der Waals surface area contributed by atoms with Gasteiger partial charge in [-0.25, -0.2) is 0 Å². The minimum absolute atomic E-state index is 0.597. The monoisotopic (exact) mass is 222 g/mol. The lowest BCUT2D eigenvalue weighted by Gasteiger charge is -2.22. The number of piperidine rings is 1. The molecule has 1 aliphatic heterocycles. The van der Waals surface area contributed by atoms with E-state index >= 15 is 0 Å². The SMILES string of the molecule is COc1cccc(OCC2CCCNC2)n1. The molecule has 16 heavy (non-hydrogen) atoms. The second-order valence-electron chi connectivity index (χ2n) is 4.04. The Balaban J connectivity index is 1.83. The second-order valence-corrected chi connectivity index (χ2v) is 4.04. The molecule has 2 rings (SSSR count). The van der Waals surface area contributed by atoms with Crippen molar-refractivity contribution in [3.05, 3.63) is 18.2 Å². The summed E-state index contributed by atoms with van der Waals surface area (Å²) < 4.78 is 10.7. The number of methoxy groups -OCH3 is 1. The maximum atomic E-state index is 5.66. The molecule has 88 valence electrons. The average molecular weight is 222 g/mol. The van der Waals surface area contributed by atoms with Crippen LogP contribution in [0.5, 0.6) is 11.8 Å². The number of rotatable bonds is 4. The van der Waals surface area contributed by atoms with Gasteiger partial charge in [-0.3, -0.25) is 0 Å². The third-order valence-corrected chi connectivity index (χ3v) is 2.77. The fourth-order valence-electron chi connectivity index (χ4n) is 1.86. The summed E-state index contributed by atoms with van der Waals surface area (Å²) in [5.74, 6) is 1.84. The number of hydrogen-bond donors (Lipinski definition) is 1. The van der Waals surface area contributed by atoms with Gasteiger partial charge in [-0.05, 0) is 19.4 Å². The molecule has 1 saturated heterocycles. The summed E-state index contributed by atoms with van der Waals surface area (Å²) in [6, 6.07) is 5.56. The lowest BCUT2D eigenvalue weighted by Crippen LogP contribution is -2.33. The third-order valence-electron chi connectivity index (χ3n) is 2.77. The van der Waals surface area contributed by atoms with Crippen molar-refractivity contribution in [2.45, 2.75) is 12.8 Å². The van der Waals surface area contributed by atoms with Crippen molar-refractivity contribution in [2.24, 2.45) is 5.92 Å². The Morgan fingerprint density at radius 2 is 2.31 bits per heavy atom. The Hall–Kier alpha value is -1.29. The van der Waals surface area contributed by atoms with Gasteiger partial charge in [0.2, 0.25) is 11.8 Å². The number of aromatic nitrogens is 1. The van der Waals surface area contributed by atoms with Crippen LogP contribution < -0.4 is 14.8 Å². The van der Waals surface area contributed by atoms with E-state index in [1.54, 1.807) is 7.11 Å². The summed E-state index contributed by atoms with van der Waals surface area (Å²) in [7, 11) is 1.61. The van der Waals surface area contributed by atoms with Crippen molar-refractivity contribution in [1.82, 2.24) is 10.3 Å². The van der Waals surface area contributed by atoms with E-state index in [-0.39, 0.29) is 0 Å². The number of nitrogens with zero attached hydrogens (tertiary/aromatic N) is 1. The number of hydrogen-bond acceptors (Lipinski definition) is 4. The summed E-state index contributed by atoms with van der Waals surface area (Å²) >= 11 is 0. The van der Waals surface area contributed by atoms with E-state index in [9.17, 15) is 0 Å². The average Bonchev–Trinajstić information content (AvgIpc) is 2.38. The van der Waals surface area contributed by atoms with Crippen molar-refractivity contribution in [2.75, 3.05) is 26.8 Å². The molecular formula is C12H18N2O2. The van der Waals surface area contributed by atoms with E-state index in [0.717, 1.165) is 19.7 Å². The normalized spacial score (nSPS) is 20.4. The zero-order chi connectivity index (χ0) is 11.2.